The molecule has 0 saturated heterocycles. The summed E-state index contributed by atoms with van der Waals surface area (Å²) in [5.41, 5.74) is 2.64. The van der Waals surface area contributed by atoms with Crippen molar-refractivity contribution < 1.29 is 14.0 Å². The molecular formula is C24H15FN6O2. The number of para-hydroxylation sites is 1. The van der Waals surface area contributed by atoms with Gasteiger partial charge in [0.2, 0.25) is 0 Å². The van der Waals surface area contributed by atoms with Gasteiger partial charge in [-0.2, -0.15) is 10.2 Å². The quantitative estimate of drug-likeness (QED) is 0.435. The van der Waals surface area contributed by atoms with Crippen LogP contribution in [0.5, 0.6) is 0 Å². The van der Waals surface area contributed by atoms with Crippen molar-refractivity contribution in [1.29, 1.82) is 0 Å². The van der Waals surface area contributed by atoms with E-state index in [1.165, 1.54) is 23.0 Å². The molecule has 6 rings (SSSR count). The molecule has 9 heteroatoms. The Morgan fingerprint density at radius 2 is 1.73 bits per heavy atom. The van der Waals surface area contributed by atoms with E-state index in [9.17, 15) is 14.0 Å². The fourth-order valence-electron chi connectivity index (χ4n) is 4.30. The Labute approximate surface area is 186 Å². The number of fused-ring (bicyclic) bond motifs is 2. The van der Waals surface area contributed by atoms with Gasteiger partial charge in [0.05, 0.1) is 28.4 Å². The summed E-state index contributed by atoms with van der Waals surface area (Å²) in [5, 5.41) is 13.8. The van der Waals surface area contributed by atoms with Crippen molar-refractivity contribution in [3.05, 3.63) is 84.1 Å². The number of halogens is 1. The van der Waals surface area contributed by atoms with E-state index in [1.54, 1.807) is 49.6 Å². The van der Waals surface area contributed by atoms with E-state index >= 15 is 0 Å². The molecule has 2 aromatic carbocycles. The summed E-state index contributed by atoms with van der Waals surface area (Å²) in [6.45, 7) is 0. The van der Waals surface area contributed by atoms with Crippen LogP contribution in [-0.2, 0) is 16.6 Å². The molecule has 33 heavy (non-hydrogen) atoms. The zero-order valence-electron chi connectivity index (χ0n) is 17.3. The normalized spacial score (nSPS) is 14.3. The van der Waals surface area contributed by atoms with Crippen molar-refractivity contribution in [3.63, 3.8) is 0 Å². The molecule has 0 unspecified atom stereocenters. The minimum Gasteiger partial charge on any atom is -0.360 e. The van der Waals surface area contributed by atoms with E-state index in [-0.39, 0.29) is 11.1 Å². The second-order valence-electron chi connectivity index (χ2n) is 7.66. The number of H-pyrrole nitrogens is 1. The van der Waals surface area contributed by atoms with Crippen LogP contribution in [0.15, 0.2) is 67.0 Å². The Morgan fingerprint density at radius 1 is 0.939 bits per heavy atom. The van der Waals surface area contributed by atoms with Crippen LogP contribution >= 0.6 is 0 Å². The van der Waals surface area contributed by atoms with Gasteiger partial charge in [0, 0.05) is 29.7 Å². The van der Waals surface area contributed by atoms with Crippen molar-refractivity contribution in [2.24, 2.45) is 7.05 Å². The third kappa shape index (κ3) is 2.72. The number of aromatic amines is 1. The molecule has 3 aromatic heterocycles. The van der Waals surface area contributed by atoms with Crippen LogP contribution in [0.4, 0.5) is 10.1 Å². The summed E-state index contributed by atoms with van der Waals surface area (Å²) in [7, 11) is 1.70. The first-order valence-electron chi connectivity index (χ1n) is 10.1. The summed E-state index contributed by atoms with van der Waals surface area (Å²) in [6.07, 6.45) is 3.13. The summed E-state index contributed by atoms with van der Waals surface area (Å²) in [4.78, 5) is 31.7. The Hall–Kier alpha value is -4.66. The number of carbonyl (C=O) groups excluding carboxylic acids is 2. The summed E-state index contributed by atoms with van der Waals surface area (Å²) < 4.78 is 15.3. The van der Waals surface area contributed by atoms with E-state index < -0.39 is 17.6 Å². The molecule has 1 aliphatic rings. The monoisotopic (exact) mass is 438 g/mol. The van der Waals surface area contributed by atoms with Gasteiger partial charge in [0.1, 0.15) is 11.5 Å². The van der Waals surface area contributed by atoms with Gasteiger partial charge < -0.3 is 4.98 Å². The average molecular weight is 438 g/mol. The number of carbonyl (C=O) groups is 2. The number of imide groups is 1. The average Bonchev–Trinajstić information content (AvgIpc) is 3.46. The van der Waals surface area contributed by atoms with Crippen molar-refractivity contribution in [1.82, 2.24) is 25.0 Å². The topological polar surface area (TPSA) is 96.8 Å². The van der Waals surface area contributed by atoms with Crippen LogP contribution in [0.1, 0.15) is 11.3 Å². The number of aryl methyl sites for hydroxylation is 1. The van der Waals surface area contributed by atoms with Gasteiger partial charge in [-0.15, -0.1) is 5.10 Å². The number of nitrogens with zero attached hydrogens (tertiary/aromatic N) is 5. The van der Waals surface area contributed by atoms with Crippen LogP contribution in [0, 0.1) is 5.82 Å². The van der Waals surface area contributed by atoms with Crippen LogP contribution in [-0.4, -0.2) is 36.8 Å². The lowest BCUT2D eigenvalue weighted by molar-refractivity contribution is -0.119. The molecule has 2 amide bonds. The molecule has 0 fully saturated rings. The van der Waals surface area contributed by atoms with E-state index in [4.69, 9.17) is 0 Å². The SMILES string of the molecule is Cn1nc(C2=C(c3c[nH]c4cc(F)ccc34)C(=O)N(c3ccccc3)C2=O)c2ccnnc21. The molecular weight excluding hydrogens is 423 g/mol. The molecule has 0 radical (unpaired) electrons. The van der Waals surface area contributed by atoms with Gasteiger partial charge in [-0.3, -0.25) is 9.59 Å². The zero-order chi connectivity index (χ0) is 22.7. The maximum absolute atomic E-state index is 13.8. The summed E-state index contributed by atoms with van der Waals surface area (Å²) >= 11 is 0. The van der Waals surface area contributed by atoms with Crippen molar-refractivity contribution in [2.45, 2.75) is 0 Å². The molecule has 4 heterocycles. The lowest BCUT2D eigenvalue weighted by atomic mass is 9.98. The first kappa shape index (κ1) is 19.1. The first-order valence-corrected chi connectivity index (χ1v) is 10.1. The van der Waals surface area contributed by atoms with Crippen molar-refractivity contribution >= 4 is 50.6 Å². The van der Waals surface area contributed by atoms with Gasteiger partial charge in [-0.05, 0) is 36.4 Å². The summed E-state index contributed by atoms with van der Waals surface area (Å²) in [6, 6.07) is 14.7. The Balaban J connectivity index is 1.67. The van der Waals surface area contributed by atoms with E-state index in [0.717, 1.165) is 4.90 Å². The van der Waals surface area contributed by atoms with Gasteiger partial charge in [-0.25, -0.2) is 14.0 Å². The maximum atomic E-state index is 13.8. The minimum absolute atomic E-state index is 0.160. The number of anilines is 1. The molecule has 0 aliphatic carbocycles. The molecule has 1 aliphatic heterocycles. The number of hydrogen-bond donors (Lipinski definition) is 1. The first-order chi connectivity index (χ1) is 16.0. The van der Waals surface area contributed by atoms with E-state index in [0.29, 0.717) is 38.9 Å². The Bertz CT molecular complexity index is 1630. The third-order valence-corrected chi connectivity index (χ3v) is 5.76. The fourth-order valence-corrected chi connectivity index (χ4v) is 4.30. The Morgan fingerprint density at radius 3 is 2.55 bits per heavy atom. The number of rotatable bonds is 3. The van der Waals surface area contributed by atoms with Gasteiger partial charge >= 0.3 is 0 Å². The molecule has 5 aromatic rings. The molecule has 0 bridgehead atoms. The summed E-state index contributed by atoms with van der Waals surface area (Å²) in [5.74, 6) is -1.37. The largest absolute Gasteiger partial charge is 0.360 e. The standard InChI is InChI=1S/C24H15FN6O2/c1-30-22-16(9-10-27-28-22)21(29-30)20-19(17-12-26-18-11-13(25)7-8-15(17)18)23(32)31(24(20)33)14-5-3-2-4-6-14/h2-12,26H,1H3. The third-order valence-electron chi connectivity index (χ3n) is 5.76. The van der Waals surface area contributed by atoms with E-state index in [1.807, 2.05) is 6.07 Å². The number of nitrogens with one attached hydrogen (secondary N) is 1. The highest BCUT2D eigenvalue weighted by molar-refractivity contribution is 6.58. The van der Waals surface area contributed by atoms with Crippen molar-refractivity contribution in [2.75, 3.05) is 4.90 Å². The van der Waals surface area contributed by atoms with E-state index in [2.05, 4.69) is 20.3 Å². The molecule has 8 nitrogen and oxygen atoms in total. The highest BCUT2D eigenvalue weighted by Gasteiger charge is 2.43. The predicted molar refractivity (Wildman–Crippen MR) is 120 cm³/mol. The van der Waals surface area contributed by atoms with Crippen LogP contribution in [0.3, 0.4) is 0 Å². The Kier molecular flexibility index (Phi) is 4.00. The molecule has 0 atom stereocenters. The molecule has 160 valence electrons. The predicted octanol–water partition coefficient (Wildman–Crippen LogP) is 3.47. The minimum atomic E-state index is -0.491. The molecule has 0 saturated carbocycles. The highest BCUT2D eigenvalue weighted by Crippen LogP contribution is 2.41. The lowest BCUT2D eigenvalue weighted by Crippen LogP contribution is -2.31. The zero-order valence-corrected chi connectivity index (χ0v) is 17.3. The lowest BCUT2D eigenvalue weighted by Gasteiger charge is -2.14. The van der Waals surface area contributed by atoms with Gasteiger partial charge in [-0.1, -0.05) is 18.2 Å². The van der Waals surface area contributed by atoms with Crippen LogP contribution in [0.25, 0.3) is 33.1 Å². The molecule has 0 spiro atoms. The number of hydrogen-bond acceptors (Lipinski definition) is 5. The number of aromatic nitrogens is 5. The van der Waals surface area contributed by atoms with Gasteiger partial charge in [0.25, 0.3) is 11.8 Å². The van der Waals surface area contributed by atoms with Crippen LogP contribution < -0.4 is 4.90 Å². The smallest absolute Gasteiger partial charge is 0.268 e. The van der Waals surface area contributed by atoms with Crippen LogP contribution in [0.2, 0.25) is 0 Å². The maximum Gasteiger partial charge on any atom is 0.268 e. The number of amides is 2. The molecule has 1 N–H and O–H groups in total. The number of benzene rings is 2. The second kappa shape index (κ2) is 6.92. The highest BCUT2D eigenvalue weighted by atomic mass is 19.1. The fraction of sp³-hybridized carbons (Fsp3) is 0.0417. The van der Waals surface area contributed by atoms with Crippen molar-refractivity contribution in [3.8, 4) is 0 Å². The van der Waals surface area contributed by atoms with Gasteiger partial charge in [0.15, 0.2) is 5.65 Å². The second-order valence-corrected chi connectivity index (χ2v) is 7.66.